The summed E-state index contributed by atoms with van der Waals surface area (Å²) in [5.41, 5.74) is -2.78. The van der Waals surface area contributed by atoms with Gasteiger partial charge in [0.1, 0.15) is 146 Å². The summed E-state index contributed by atoms with van der Waals surface area (Å²) in [5.74, 6) is -1.01. The average Bonchev–Trinajstić information content (AvgIpc) is 1.65. The first-order valence-corrected chi connectivity index (χ1v) is 30.4. The minimum absolute atomic E-state index is 0.0605. The minimum atomic E-state index is -2.24. The first kappa shape index (κ1) is 69.8. The third-order valence-electron chi connectivity index (χ3n) is 21.3. The van der Waals surface area contributed by atoms with E-state index < -0.39 is 252 Å². The second kappa shape index (κ2) is 27.2. The van der Waals surface area contributed by atoms with Gasteiger partial charge in [-0.15, -0.1) is 0 Å². The zero-order valence-electron chi connectivity index (χ0n) is 49.0. The molecule has 4 aliphatic carbocycles. The molecule has 10 rings (SSSR count). The molecule has 1 spiro atoms. The molecule has 512 valence electrons. The smallest absolute Gasteiger partial charge is 0.314 e. The minimum Gasteiger partial charge on any atom is -0.432 e. The molecule has 0 aromatic heterocycles. The van der Waals surface area contributed by atoms with Gasteiger partial charge in [-0.2, -0.15) is 0 Å². The predicted octanol–water partition coefficient (Wildman–Crippen LogP) is -9.47. The molecule has 0 radical (unpaired) electrons. The van der Waals surface area contributed by atoms with Gasteiger partial charge in [0.05, 0.1) is 50.7 Å². The number of ether oxygens (including phenoxy) is 12. The van der Waals surface area contributed by atoms with Crippen LogP contribution in [-0.2, 0) is 61.6 Å². The van der Waals surface area contributed by atoms with E-state index in [1.54, 1.807) is 0 Å². The normalized spacial score (nSPS) is 54.5. The Hall–Kier alpha value is -2.03. The van der Waals surface area contributed by atoms with Crippen molar-refractivity contribution < 1.29 is 164 Å². The van der Waals surface area contributed by atoms with Crippen LogP contribution in [0.2, 0.25) is 0 Å². The van der Waals surface area contributed by atoms with Crippen LogP contribution in [0.1, 0.15) is 71.6 Å². The van der Waals surface area contributed by atoms with Crippen LogP contribution in [0.3, 0.4) is 0 Å². The van der Waals surface area contributed by atoms with E-state index in [0.717, 1.165) is 0 Å². The summed E-state index contributed by atoms with van der Waals surface area (Å²) in [5, 5.41) is 215. The highest BCUT2D eigenvalue weighted by Gasteiger charge is 2.70. The van der Waals surface area contributed by atoms with Crippen molar-refractivity contribution in [2.24, 2.45) is 28.1 Å². The molecule has 33 heteroatoms. The van der Waals surface area contributed by atoms with E-state index in [-0.39, 0.29) is 18.3 Å². The Kier molecular flexibility index (Phi) is 21.4. The molecule has 20 N–H and O–H groups in total. The molecule has 4 saturated carbocycles. The molecule has 2 bridgehead atoms. The van der Waals surface area contributed by atoms with Gasteiger partial charge in [-0.1, -0.05) is 19.9 Å². The SMILES string of the molecule is C=C1C[C@@]23CC[C@@H]4C(C)(C(=O)OC5OC(CO)C(O)C(O)C5O)CCC[C@@]4(C)[C@@H]2CC[C@]1(OC1OC(CO)C(O)C(OC2OC(CO)C(OC4OC(CO)C(OC5OC(CO)C(O)C(O)C5O)C(O)C4O)C(O)C2O)C1OC1OC(CO)C(O)C(O)C1O)C3. The highest BCUT2D eigenvalue weighted by molar-refractivity contribution is 5.77. The molecule has 0 aromatic rings. The van der Waals surface area contributed by atoms with Crippen molar-refractivity contribution >= 4 is 5.97 Å². The summed E-state index contributed by atoms with van der Waals surface area (Å²) in [4.78, 5) is 14.4. The second-order valence-corrected chi connectivity index (χ2v) is 26.4. The molecular formula is C56H90O33. The number of aliphatic hydroxyl groups is 20. The van der Waals surface area contributed by atoms with Gasteiger partial charge >= 0.3 is 5.97 Å². The zero-order chi connectivity index (χ0) is 64.7. The van der Waals surface area contributed by atoms with E-state index >= 15 is 0 Å². The molecule has 89 heavy (non-hydrogen) atoms. The van der Waals surface area contributed by atoms with Gasteiger partial charge < -0.3 is 159 Å². The van der Waals surface area contributed by atoms with Crippen LogP contribution in [0, 0.1) is 28.1 Å². The Morgan fingerprint density at radius 1 is 0.427 bits per heavy atom. The Bertz CT molecular complexity index is 2390. The van der Waals surface area contributed by atoms with Crippen LogP contribution in [0.15, 0.2) is 12.2 Å². The van der Waals surface area contributed by atoms with E-state index in [4.69, 9.17) is 56.8 Å². The van der Waals surface area contributed by atoms with Crippen molar-refractivity contribution in [3.05, 3.63) is 12.2 Å². The number of aliphatic hydroxyl groups excluding tert-OH is 20. The van der Waals surface area contributed by atoms with Crippen molar-refractivity contribution in [1.82, 2.24) is 0 Å². The lowest BCUT2D eigenvalue weighted by Crippen LogP contribution is -2.69. The lowest BCUT2D eigenvalue weighted by atomic mass is 9.41. The maximum absolute atomic E-state index is 14.4. The quantitative estimate of drug-likeness (QED) is 0.0344. The van der Waals surface area contributed by atoms with Crippen molar-refractivity contribution in [2.75, 3.05) is 39.6 Å². The van der Waals surface area contributed by atoms with Crippen LogP contribution in [0.4, 0.5) is 0 Å². The zero-order valence-corrected chi connectivity index (χ0v) is 49.0. The van der Waals surface area contributed by atoms with Gasteiger partial charge in [-0.25, -0.2) is 0 Å². The Morgan fingerprint density at radius 3 is 1.28 bits per heavy atom. The molecule has 10 fully saturated rings. The molecule has 36 atom stereocenters. The van der Waals surface area contributed by atoms with E-state index in [9.17, 15) is 107 Å². The topological polar surface area (TPSA) is 532 Å². The van der Waals surface area contributed by atoms with Crippen molar-refractivity contribution in [3.63, 3.8) is 0 Å². The number of hydrogen-bond acceptors (Lipinski definition) is 33. The van der Waals surface area contributed by atoms with Gasteiger partial charge in [0.15, 0.2) is 31.5 Å². The summed E-state index contributed by atoms with van der Waals surface area (Å²) in [6.45, 7) is 3.07. The van der Waals surface area contributed by atoms with Gasteiger partial charge in [0.25, 0.3) is 0 Å². The van der Waals surface area contributed by atoms with Gasteiger partial charge in [-0.05, 0) is 86.5 Å². The fraction of sp³-hybridized carbons (Fsp3) is 0.946. The molecule has 31 unspecified atom stereocenters. The third-order valence-corrected chi connectivity index (χ3v) is 21.3. The summed E-state index contributed by atoms with van der Waals surface area (Å²) in [7, 11) is 0. The van der Waals surface area contributed by atoms with E-state index in [1.165, 1.54) is 0 Å². The summed E-state index contributed by atoms with van der Waals surface area (Å²) in [6, 6.07) is 0. The molecule has 0 aromatic carbocycles. The van der Waals surface area contributed by atoms with E-state index in [1.807, 2.05) is 6.92 Å². The summed E-state index contributed by atoms with van der Waals surface area (Å²) in [6.07, 6.45) is -51.3. The van der Waals surface area contributed by atoms with Crippen molar-refractivity contribution in [3.8, 4) is 0 Å². The van der Waals surface area contributed by atoms with Crippen molar-refractivity contribution in [2.45, 2.75) is 261 Å². The number of esters is 1. The molecule has 6 aliphatic heterocycles. The average molecular weight is 1290 g/mol. The fourth-order valence-electron chi connectivity index (χ4n) is 16.5. The molecule has 0 amide bonds. The third kappa shape index (κ3) is 12.3. The molecular weight excluding hydrogens is 1200 g/mol. The highest BCUT2D eigenvalue weighted by Crippen LogP contribution is 2.74. The van der Waals surface area contributed by atoms with Gasteiger partial charge in [0.2, 0.25) is 6.29 Å². The monoisotopic (exact) mass is 1290 g/mol. The maximum atomic E-state index is 14.4. The van der Waals surface area contributed by atoms with Crippen LogP contribution < -0.4 is 0 Å². The summed E-state index contributed by atoms with van der Waals surface area (Å²) >= 11 is 0. The number of hydrogen-bond donors (Lipinski definition) is 20. The van der Waals surface area contributed by atoms with E-state index in [0.29, 0.717) is 56.9 Å². The Balaban J connectivity index is 0.878. The standard InChI is InChI=1S/C56H90O33/c1-19-11-55-9-5-26-53(2,7-4-8-54(26,3)52(77)88-50-39(74)34(69)30(65)22(14-59)80-50)27(55)6-10-56(19,18-55)89-51-45(87-47-38(73)33(68)29(64)21(13-58)79-47)44(31(66)23(15-60)81-51)86-49-41(76)36(71)43(25(17-62)83-49)85-48-40(75)35(70)42(24(16-61)82-48)84-46-37(72)32(67)28(63)20(12-57)78-46/h20-51,57-76H,1,4-18H2,2-3H3/t20?,21?,22?,23?,24?,25?,26-,27-,28?,29?,30?,31?,32?,33?,34?,35?,36?,37?,38?,39?,40?,41?,42?,43?,44?,45?,46?,47?,48?,49?,50?,51?,53+,54?,55+,56-/m0/s1. The Labute approximate surface area is 509 Å². The first-order valence-electron chi connectivity index (χ1n) is 30.4. The first-order chi connectivity index (χ1) is 42.1. The summed E-state index contributed by atoms with van der Waals surface area (Å²) < 4.78 is 71.7. The largest absolute Gasteiger partial charge is 0.432 e. The maximum Gasteiger partial charge on any atom is 0.314 e. The lowest BCUT2D eigenvalue weighted by molar-refractivity contribution is -0.406. The van der Waals surface area contributed by atoms with Crippen LogP contribution in [0.5, 0.6) is 0 Å². The lowest BCUT2D eigenvalue weighted by Gasteiger charge is -2.64. The second-order valence-electron chi connectivity index (χ2n) is 26.4. The van der Waals surface area contributed by atoms with E-state index in [2.05, 4.69) is 13.5 Å². The van der Waals surface area contributed by atoms with Gasteiger partial charge in [-0.3, -0.25) is 4.79 Å². The number of rotatable bonds is 18. The van der Waals surface area contributed by atoms with Crippen LogP contribution in [-0.4, -0.2) is 338 Å². The number of fused-ring (bicyclic) bond motifs is 3. The van der Waals surface area contributed by atoms with Crippen LogP contribution in [0.25, 0.3) is 0 Å². The molecule has 10 aliphatic rings. The number of carbonyl (C=O) groups is 1. The highest BCUT2D eigenvalue weighted by atomic mass is 16.8. The molecule has 6 saturated heterocycles. The Morgan fingerprint density at radius 2 is 0.809 bits per heavy atom. The molecule has 33 nitrogen and oxygen atoms in total. The van der Waals surface area contributed by atoms with Gasteiger partial charge in [0, 0.05) is 0 Å². The van der Waals surface area contributed by atoms with Crippen molar-refractivity contribution in [1.29, 1.82) is 0 Å². The predicted molar refractivity (Wildman–Crippen MR) is 284 cm³/mol. The fourth-order valence-corrected chi connectivity index (χ4v) is 16.5. The molecule has 6 heterocycles. The van der Waals surface area contributed by atoms with Crippen LogP contribution >= 0.6 is 0 Å². The number of carbonyl (C=O) groups excluding carboxylic acids is 1.